The molecule has 2 nitrogen and oxygen atoms in total. The summed E-state index contributed by atoms with van der Waals surface area (Å²) in [6.45, 7) is 25.5. The molecule has 0 spiro atoms. The van der Waals surface area contributed by atoms with Gasteiger partial charge in [-0.15, -0.1) is 0 Å². The van der Waals surface area contributed by atoms with Crippen LogP contribution in [-0.4, -0.2) is 0 Å². The van der Waals surface area contributed by atoms with E-state index >= 15 is 0 Å². The Balaban J connectivity index is 1.57. The first-order chi connectivity index (χ1) is 30.0. The predicted octanol–water partition coefficient (Wildman–Crippen LogP) is 15.1. The fraction of sp³-hybridized carbons (Fsp3) is 0.357. The second-order valence-electron chi connectivity index (χ2n) is 22.0. The van der Waals surface area contributed by atoms with Crippen LogP contribution in [0.5, 0.6) is 11.5 Å². The normalized spacial score (nSPS) is 14.2. The molecule has 0 fully saturated rings. The Morgan fingerprint density at radius 1 is 0.385 bits per heavy atom. The second-order valence-corrected chi connectivity index (χ2v) is 28.5. The van der Waals surface area contributed by atoms with Gasteiger partial charge in [-0.3, -0.25) is 0 Å². The zero-order chi connectivity index (χ0) is 47.4. The van der Waals surface area contributed by atoms with Crippen molar-refractivity contribution in [3.8, 4) is 33.8 Å². The first-order valence-electron chi connectivity index (χ1n) is 22.3. The molecule has 0 saturated heterocycles. The second kappa shape index (κ2) is 15.7. The van der Waals surface area contributed by atoms with E-state index in [1.165, 1.54) is 24.3 Å². The van der Waals surface area contributed by atoms with Crippen LogP contribution in [0.1, 0.15) is 139 Å². The molecule has 6 aromatic rings. The van der Waals surface area contributed by atoms with Crippen LogP contribution in [0.4, 0.5) is 26.3 Å². The van der Waals surface area contributed by atoms with Crippen LogP contribution in [0, 0.1) is 0 Å². The maximum absolute atomic E-state index is 14.7. The van der Waals surface area contributed by atoms with E-state index in [9.17, 15) is 26.3 Å². The van der Waals surface area contributed by atoms with E-state index < -0.39 is 55.5 Å². The number of halogens is 6. The average Bonchev–Trinajstić information content (AvgIpc) is 3.76. The molecule has 6 aromatic carbocycles. The van der Waals surface area contributed by atoms with Crippen molar-refractivity contribution in [2.24, 2.45) is 0 Å². The summed E-state index contributed by atoms with van der Waals surface area (Å²) in [6.07, 6.45) is -8.46. The van der Waals surface area contributed by atoms with Gasteiger partial charge in [0.15, 0.2) is 0 Å². The topological polar surface area (TPSA) is 18.5 Å². The minimum atomic E-state index is -6.03. The van der Waals surface area contributed by atoms with Crippen molar-refractivity contribution in [3.05, 3.63) is 165 Å². The van der Waals surface area contributed by atoms with Gasteiger partial charge >= 0.3 is 388 Å². The Morgan fingerprint density at radius 2 is 0.738 bits per heavy atom. The summed E-state index contributed by atoms with van der Waals surface area (Å²) in [5.74, 6) is -0.123. The molecule has 0 aromatic heterocycles. The van der Waals surface area contributed by atoms with Gasteiger partial charge in [-0.25, -0.2) is 0 Å². The number of benzene rings is 6. The van der Waals surface area contributed by atoms with E-state index in [2.05, 4.69) is 144 Å². The van der Waals surface area contributed by atoms with Crippen LogP contribution in [0.15, 0.2) is 109 Å². The fourth-order valence-corrected chi connectivity index (χ4v) is 20.7. The molecule has 0 saturated carbocycles. The van der Waals surface area contributed by atoms with E-state index in [1.54, 1.807) is 0 Å². The van der Waals surface area contributed by atoms with Crippen LogP contribution >= 0.6 is 0 Å². The molecule has 0 heterocycles. The summed E-state index contributed by atoms with van der Waals surface area (Å²) in [6, 6.07) is 31.2. The molecular formula is C56H58F6O2Zr. The van der Waals surface area contributed by atoms with Crippen molar-refractivity contribution in [2.75, 3.05) is 0 Å². The number of fused-ring (bicyclic) bond motifs is 6. The summed E-state index contributed by atoms with van der Waals surface area (Å²) in [4.78, 5) is 0. The number of rotatable bonds is 6. The third-order valence-electron chi connectivity index (χ3n) is 13.0. The maximum atomic E-state index is 14.7. The molecule has 0 atom stereocenters. The zero-order valence-corrected chi connectivity index (χ0v) is 41.8. The number of hydrogen-bond acceptors (Lipinski definition) is 2. The fourth-order valence-electron chi connectivity index (χ4n) is 9.64. The van der Waals surface area contributed by atoms with Crippen LogP contribution in [0.2, 0.25) is 0 Å². The SMILES string of the molecule is CC(C)(C)c1ccc2c(c1)Cc1c-2ccc(C(C)(C)C)[c]1[Zr]([O]c1cccc(C(F)(F)F)c1)([O]c1cccc(C(F)(F)F)c1)[c]1c(C(C)(C)C)ccc2c1Cc1cc(C(C)(C)C)ccc1-2. The van der Waals surface area contributed by atoms with Gasteiger partial charge in [-0.1, -0.05) is 0 Å². The zero-order valence-electron chi connectivity index (χ0n) is 39.4. The average molecular weight is 968 g/mol. The molecule has 0 bridgehead atoms. The van der Waals surface area contributed by atoms with E-state index in [0.29, 0.717) is 12.8 Å². The molecule has 340 valence electrons. The van der Waals surface area contributed by atoms with E-state index in [0.717, 1.165) is 97.6 Å². The molecule has 0 unspecified atom stereocenters. The molecule has 8 rings (SSSR count). The van der Waals surface area contributed by atoms with Crippen LogP contribution in [-0.2, 0) is 68.0 Å². The van der Waals surface area contributed by atoms with Crippen LogP contribution in [0.3, 0.4) is 0 Å². The molecule has 0 aliphatic heterocycles. The standard InChI is InChI=1S/2C21H25.2C7H5F3O.Zr/c2*1-20(2,3)16-7-9-18-14(12-16)11-15-13-17(21(4,5)6)8-10-19(15)18;2*8-7(9,10)5-2-1-3-6(11)4-5;/h2*7-10,12H,11H2,1-6H3;2*1-4,11H;/q;;;;+2/p-2. The summed E-state index contributed by atoms with van der Waals surface area (Å²) >= 11 is -6.03. The predicted molar refractivity (Wildman–Crippen MR) is 248 cm³/mol. The van der Waals surface area contributed by atoms with Crippen molar-refractivity contribution in [2.45, 2.75) is 130 Å². The Bertz CT molecular complexity index is 2650. The third-order valence-corrected chi connectivity index (χ3v) is 21.6. The van der Waals surface area contributed by atoms with E-state index in [4.69, 9.17) is 5.63 Å². The van der Waals surface area contributed by atoms with Gasteiger partial charge in [0.2, 0.25) is 0 Å². The Hall–Kier alpha value is -4.62. The van der Waals surface area contributed by atoms with Crippen molar-refractivity contribution in [1.29, 1.82) is 0 Å². The Kier molecular flexibility index (Phi) is 11.4. The third kappa shape index (κ3) is 8.76. The summed E-state index contributed by atoms with van der Waals surface area (Å²) in [5, 5.41) is 0. The minimum absolute atomic E-state index is 0.0615. The Morgan fingerprint density at radius 3 is 1.06 bits per heavy atom. The van der Waals surface area contributed by atoms with Crippen LogP contribution in [0.25, 0.3) is 22.3 Å². The summed E-state index contributed by atoms with van der Waals surface area (Å²) < 4.78 is 105. The molecule has 0 N–H and O–H groups in total. The van der Waals surface area contributed by atoms with Crippen molar-refractivity contribution >= 4 is 6.54 Å². The summed E-state index contributed by atoms with van der Waals surface area (Å²) in [5.41, 5.74) is 8.78. The first kappa shape index (κ1) is 46.9. The molecule has 2 aliphatic carbocycles. The molecule has 65 heavy (non-hydrogen) atoms. The Labute approximate surface area is 386 Å². The number of alkyl halides is 6. The van der Waals surface area contributed by atoms with Gasteiger partial charge in [0.25, 0.3) is 0 Å². The van der Waals surface area contributed by atoms with Crippen LogP contribution < -0.4 is 12.2 Å². The van der Waals surface area contributed by atoms with Crippen molar-refractivity contribution in [1.82, 2.24) is 0 Å². The van der Waals surface area contributed by atoms with Crippen molar-refractivity contribution in [3.63, 3.8) is 0 Å². The van der Waals surface area contributed by atoms with Gasteiger partial charge < -0.3 is 0 Å². The monoisotopic (exact) mass is 966 g/mol. The van der Waals surface area contributed by atoms with Gasteiger partial charge in [0, 0.05) is 0 Å². The number of hydrogen-bond donors (Lipinski definition) is 0. The molecule has 2 aliphatic rings. The quantitative estimate of drug-likeness (QED) is 0.155. The van der Waals surface area contributed by atoms with E-state index in [-0.39, 0.29) is 22.3 Å². The summed E-state index contributed by atoms with van der Waals surface area (Å²) in [7, 11) is 0. The molecule has 0 radical (unpaired) electrons. The van der Waals surface area contributed by atoms with Gasteiger partial charge in [-0.05, 0) is 0 Å². The molecule has 9 heteroatoms. The molecular weight excluding hydrogens is 910 g/mol. The van der Waals surface area contributed by atoms with Gasteiger partial charge in [-0.2, -0.15) is 0 Å². The van der Waals surface area contributed by atoms with E-state index in [1.807, 2.05) is 0 Å². The van der Waals surface area contributed by atoms with Gasteiger partial charge in [0.05, 0.1) is 0 Å². The van der Waals surface area contributed by atoms with Gasteiger partial charge in [0.1, 0.15) is 0 Å². The first-order valence-corrected chi connectivity index (χ1v) is 26.8. The van der Waals surface area contributed by atoms with Crippen molar-refractivity contribution < 1.29 is 53.1 Å². The molecule has 0 amide bonds.